The minimum Gasteiger partial charge on any atom is -0.493 e. The number of methoxy groups -OCH3 is 2. The highest BCUT2D eigenvalue weighted by Crippen LogP contribution is 2.38. The summed E-state index contributed by atoms with van der Waals surface area (Å²) in [5, 5.41) is 0. The van der Waals surface area contributed by atoms with Gasteiger partial charge in [-0.3, -0.25) is 4.99 Å². The van der Waals surface area contributed by atoms with E-state index in [1.165, 1.54) is 5.56 Å². The van der Waals surface area contributed by atoms with Crippen LogP contribution in [0.25, 0.3) is 11.3 Å². The lowest BCUT2D eigenvalue weighted by Crippen LogP contribution is -2.33. The molecule has 7 nitrogen and oxygen atoms in total. The van der Waals surface area contributed by atoms with E-state index in [0.717, 1.165) is 46.8 Å². The van der Waals surface area contributed by atoms with Gasteiger partial charge in [-0.05, 0) is 29.7 Å². The van der Waals surface area contributed by atoms with Crippen LogP contribution < -0.4 is 19.7 Å². The molecule has 0 aliphatic carbocycles. The highest BCUT2D eigenvalue weighted by molar-refractivity contribution is 5.71. The Bertz CT molecular complexity index is 1200. The number of aryl methyl sites for hydroxylation is 1. The molecule has 3 heterocycles. The van der Waals surface area contributed by atoms with Crippen molar-refractivity contribution in [2.75, 3.05) is 40.6 Å². The first-order chi connectivity index (χ1) is 16.7. The second kappa shape index (κ2) is 10.3. The fraction of sp³-hybridized carbons (Fsp3) is 0.370. The fourth-order valence-corrected chi connectivity index (χ4v) is 4.43. The van der Waals surface area contributed by atoms with Crippen molar-refractivity contribution in [1.29, 1.82) is 0 Å². The second-order valence-electron chi connectivity index (χ2n) is 8.38. The predicted molar refractivity (Wildman–Crippen MR) is 128 cm³/mol. The van der Waals surface area contributed by atoms with Gasteiger partial charge in [0, 0.05) is 24.2 Å². The van der Waals surface area contributed by atoms with Crippen LogP contribution in [0.4, 0.5) is 0 Å². The third-order valence-corrected chi connectivity index (χ3v) is 6.20. The SMILES string of the molecule is COc1cc2c(cc1OC)-c1cc(OCc3ccccc3)cc(=NCC3COCCO3)n1CC2. The molecule has 1 fully saturated rings. The number of pyridine rings is 1. The topological polar surface area (TPSA) is 63.4 Å². The molecule has 0 N–H and O–H groups in total. The van der Waals surface area contributed by atoms with Crippen molar-refractivity contribution in [2.45, 2.75) is 25.7 Å². The summed E-state index contributed by atoms with van der Waals surface area (Å²) >= 11 is 0. The maximum Gasteiger partial charge on any atom is 0.161 e. The number of benzene rings is 2. The Balaban J connectivity index is 1.55. The largest absolute Gasteiger partial charge is 0.493 e. The number of fused-ring (bicyclic) bond motifs is 3. The lowest BCUT2D eigenvalue weighted by Gasteiger charge is -2.25. The first-order valence-corrected chi connectivity index (χ1v) is 11.6. The highest BCUT2D eigenvalue weighted by atomic mass is 16.6. The van der Waals surface area contributed by atoms with Crippen molar-refractivity contribution in [3.8, 4) is 28.5 Å². The van der Waals surface area contributed by atoms with Crippen LogP contribution in [0.5, 0.6) is 17.2 Å². The van der Waals surface area contributed by atoms with Crippen LogP contribution in [0.2, 0.25) is 0 Å². The summed E-state index contributed by atoms with van der Waals surface area (Å²) in [5.41, 5.74) is 5.35. The quantitative estimate of drug-likeness (QED) is 0.537. The van der Waals surface area contributed by atoms with E-state index in [0.29, 0.717) is 38.7 Å². The van der Waals surface area contributed by atoms with Gasteiger partial charge in [-0.25, -0.2) is 0 Å². The van der Waals surface area contributed by atoms with Crippen molar-refractivity contribution < 1.29 is 23.7 Å². The normalized spacial score (nSPS) is 17.6. The van der Waals surface area contributed by atoms with Gasteiger partial charge in [0.25, 0.3) is 0 Å². The average molecular weight is 463 g/mol. The summed E-state index contributed by atoms with van der Waals surface area (Å²) in [6.07, 6.45) is 0.850. The van der Waals surface area contributed by atoms with Crippen LogP contribution >= 0.6 is 0 Å². The molecular weight excluding hydrogens is 432 g/mol. The van der Waals surface area contributed by atoms with Crippen molar-refractivity contribution in [3.05, 3.63) is 71.2 Å². The number of ether oxygens (including phenoxy) is 5. The van der Waals surface area contributed by atoms with Gasteiger partial charge in [-0.15, -0.1) is 0 Å². The number of rotatable bonds is 7. The van der Waals surface area contributed by atoms with E-state index in [1.807, 2.05) is 30.3 Å². The van der Waals surface area contributed by atoms with Gasteiger partial charge < -0.3 is 28.3 Å². The Morgan fingerprint density at radius 1 is 1.00 bits per heavy atom. The lowest BCUT2D eigenvalue weighted by molar-refractivity contribution is -0.0835. The van der Waals surface area contributed by atoms with E-state index in [2.05, 4.69) is 28.8 Å². The zero-order chi connectivity index (χ0) is 23.3. The van der Waals surface area contributed by atoms with E-state index in [1.54, 1.807) is 14.2 Å². The average Bonchev–Trinajstić information content (AvgIpc) is 2.90. The van der Waals surface area contributed by atoms with E-state index >= 15 is 0 Å². The number of hydrogen-bond acceptors (Lipinski definition) is 6. The summed E-state index contributed by atoms with van der Waals surface area (Å²) < 4.78 is 30.9. The van der Waals surface area contributed by atoms with E-state index in [4.69, 9.17) is 28.7 Å². The summed E-state index contributed by atoms with van der Waals surface area (Å²) in [5.74, 6) is 2.22. The molecule has 0 spiro atoms. The minimum absolute atomic E-state index is 0.0286. The Kier molecular flexibility index (Phi) is 6.83. The van der Waals surface area contributed by atoms with Crippen LogP contribution in [-0.2, 0) is 29.0 Å². The zero-order valence-electron chi connectivity index (χ0n) is 19.7. The fourth-order valence-electron chi connectivity index (χ4n) is 4.43. The molecule has 3 aromatic rings. The number of nitrogens with zero attached hydrogens (tertiary/aromatic N) is 2. The van der Waals surface area contributed by atoms with Gasteiger partial charge in [0.2, 0.25) is 0 Å². The molecular formula is C27H30N2O5. The molecule has 178 valence electrons. The third-order valence-electron chi connectivity index (χ3n) is 6.20. The van der Waals surface area contributed by atoms with Crippen LogP contribution in [0.3, 0.4) is 0 Å². The molecule has 2 aliphatic heterocycles. The van der Waals surface area contributed by atoms with Gasteiger partial charge in [0.15, 0.2) is 11.5 Å². The molecule has 1 aromatic heterocycles. The Labute approximate surface area is 199 Å². The standard InChI is InChI=1S/C27H30N2O5/c1-30-25-12-20-8-9-29-24(23(20)15-26(25)31-2)13-21(34-17-19-6-4-3-5-7-19)14-27(29)28-16-22-18-32-10-11-33-22/h3-7,12-15,22H,8-11,16-18H2,1-2H3. The van der Waals surface area contributed by atoms with Crippen LogP contribution in [-0.4, -0.2) is 51.3 Å². The molecule has 0 bridgehead atoms. The van der Waals surface area contributed by atoms with Gasteiger partial charge in [-0.1, -0.05) is 30.3 Å². The third kappa shape index (κ3) is 4.81. The molecule has 1 saturated heterocycles. The highest BCUT2D eigenvalue weighted by Gasteiger charge is 2.21. The molecule has 5 rings (SSSR count). The number of aromatic nitrogens is 1. The maximum atomic E-state index is 6.22. The summed E-state index contributed by atoms with van der Waals surface area (Å²) in [7, 11) is 3.33. The van der Waals surface area contributed by atoms with Gasteiger partial charge in [0.1, 0.15) is 23.9 Å². The molecule has 2 aromatic carbocycles. The Hall–Kier alpha value is -3.29. The second-order valence-corrected chi connectivity index (χ2v) is 8.38. The summed E-state index contributed by atoms with van der Waals surface area (Å²) in [4.78, 5) is 4.93. The van der Waals surface area contributed by atoms with Crippen molar-refractivity contribution >= 4 is 0 Å². The molecule has 0 amide bonds. The summed E-state index contributed by atoms with van der Waals surface area (Å²) in [6.45, 7) is 3.67. The van der Waals surface area contributed by atoms with E-state index in [9.17, 15) is 0 Å². The van der Waals surface area contributed by atoms with Crippen molar-refractivity contribution in [2.24, 2.45) is 4.99 Å². The van der Waals surface area contributed by atoms with E-state index < -0.39 is 0 Å². The Morgan fingerprint density at radius 2 is 1.82 bits per heavy atom. The van der Waals surface area contributed by atoms with Gasteiger partial charge >= 0.3 is 0 Å². The van der Waals surface area contributed by atoms with Crippen molar-refractivity contribution in [3.63, 3.8) is 0 Å². The number of hydrogen-bond donors (Lipinski definition) is 0. The molecule has 1 unspecified atom stereocenters. The van der Waals surface area contributed by atoms with Crippen LogP contribution in [0, 0.1) is 0 Å². The molecule has 0 radical (unpaired) electrons. The first-order valence-electron chi connectivity index (χ1n) is 11.6. The smallest absolute Gasteiger partial charge is 0.161 e. The minimum atomic E-state index is -0.0286. The monoisotopic (exact) mass is 462 g/mol. The Morgan fingerprint density at radius 3 is 2.59 bits per heavy atom. The summed E-state index contributed by atoms with van der Waals surface area (Å²) in [6, 6.07) is 18.4. The maximum absolute atomic E-state index is 6.22. The molecule has 0 saturated carbocycles. The molecule has 2 aliphatic rings. The van der Waals surface area contributed by atoms with E-state index in [-0.39, 0.29) is 6.10 Å². The van der Waals surface area contributed by atoms with Crippen LogP contribution in [0.15, 0.2) is 59.6 Å². The van der Waals surface area contributed by atoms with Crippen LogP contribution in [0.1, 0.15) is 11.1 Å². The van der Waals surface area contributed by atoms with Crippen molar-refractivity contribution in [1.82, 2.24) is 4.57 Å². The first kappa shape index (κ1) is 22.5. The molecule has 34 heavy (non-hydrogen) atoms. The van der Waals surface area contributed by atoms with Gasteiger partial charge in [0.05, 0.1) is 46.3 Å². The molecule has 1 atom stereocenters. The van der Waals surface area contributed by atoms with Gasteiger partial charge in [-0.2, -0.15) is 0 Å². The predicted octanol–water partition coefficient (Wildman–Crippen LogP) is 3.62. The zero-order valence-corrected chi connectivity index (χ0v) is 19.7. The molecule has 7 heteroatoms. The lowest BCUT2D eigenvalue weighted by atomic mass is 9.96.